The number of fused-ring (bicyclic) bond motifs is 1. The number of para-hydroxylation sites is 1. The van der Waals surface area contributed by atoms with Crippen LogP contribution >= 0.6 is 0 Å². The summed E-state index contributed by atoms with van der Waals surface area (Å²) in [5, 5.41) is 8.03. The van der Waals surface area contributed by atoms with Crippen molar-refractivity contribution in [3.63, 3.8) is 0 Å². The molecule has 1 aliphatic heterocycles. The van der Waals surface area contributed by atoms with Crippen molar-refractivity contribution >= 4 is 0 Å². The summed E-state index contributed by atoms with van der Waals surface area (Å²) in [6, 6.07) is 6.58. The molecule has 0 spiro atoms. The largest absolute Gasteiger partial charge is 0.493 e. The van der Waals surface area contributed by atoms with Gasteiger partial charge in [0.15, 0.2) is 0 Å². The average molecular weight is 271 g/mol. The number of hydrogen-bond acceptors (Lipinski definition) is 3. The molecule has 1 N–H and O–H groups in total. The van der Waals surface area contributed by atoms with E-state index in [4.69, 9.17) is 4.74 Å². The standard InChI is InChI=1S/C16H21N3O/c1-4-17-15(14-10-19(3)18-11(14)2)13-7-5-6-12-8-9-20-16(12)13/h5-7,10,15,17H,4,8-9H2,1-3H3. The van der Waals surface area contributed by atoms with Crippen LogP contribution in [-0.4, -0.2) is 22.9 Å². The molecule has 0 amide bonds. The van der Waals surface area contributed by atoms with Gasteiger partial charge < -0.3 is 10.1 Å². The molecule has 1 atom stereocenters. The monoisotopic (exact) mass is 271 g/mol. The van der Waals surface area contributed by atoms with Crippen molar-refractivity contribution in [2.45, 2.75) is 26.3 Å². The molecule has 20 heavy (non-hydrogen) atoms. The molecule has 1 aromatic carbocycles. The second kappa shape index (κ2) is 5.29. The maximum atomic E-state index is 5.86. The topological polar surface area (TPSA) is 39.1 Å². The normalized spacial score (nSPS) is 14.9. The van der Waals surface area contributed by atoms with Crippen molar-refractivity contribution in [3.8, 4) is 5.75 Å². The van der Waals surface area contributed by atoms with Crippen LogP contribution in [0.4, 0.5) is 0 Å². The van der Waals surface area contributed by atoms with Gasteiger partial charge in [-0.15, -0.1) is 0 Å². The molecule has 2 aromatic rings. The Bertz CT molecular complexity index is 618. The molecule has 106 valence electrons. The number of ether oxygens (including phenoxy) is 1. The molecular formula is C16H21N3O. The molecule has 0 bridgehead atoms. The first-order chi connectivity index (χ1) is 9.70. The lowest BCUT2D eigenvalue weighted by Crippen LogP contribution is -2.22. The van der Waals surface area contributed by atoms with E-state index >= 15 is 0 Å². The zero-order chi connectivity index (χ0) is 14.1. The molecule has 4 nitrogen and oxygen atoms in total. The Morgan fingerprint density at radius 2 is 2.25 bits per heavy atom. The van der Waals surface area contributed by atoms with Gasteiger partial charge in [0.1, 0.15) is 5.75 Å². The van der Waals surface area contributed by atoms with Crippen LogP contribution in [0.2, 0.25) is 0 Å². The van der Waals surface area contributed by atoms with Crippen LogP contribution in [0.5, 0.6) is 5.75 Å². The van der Waals surface area contributed by atoms with Crippen LogP contribution in [0.25, 0.3) is 0 Å². The predicted molar refractivity (Wildman–Crippen MR) is 79.1 cm³/mol. The fourth-order valence-corrected chi connectivity index (χ4v) is 2.96. The molecule has 1 unspecified atom stereocenters. The van der Waals surface area contributed by atoms with E-state index in [0.29, 0.717) is 0 Å². The van der Waals surface area contributed by atoms with Crippen LogP contribution in [0.3, 0.4) is 0 Å². The lowest BCUT2D eigenvalue weighted by molar-refractivity contribution is 0.350. The summed E-state index contributed by atoms with van der Waals surface area (Å²) < 4.78 is 7.73. The summed E-state index contributed by atoms with van der Waals surface area (Å²) in [7, 11) is 1.96. The van der Waals surface area contributed by atoms with Crippen molar-refractivity contribution in [2.24, 2.45) is 7.05 Å². The molecule has 0 fully saturated rings. The van der Waals surface area contributed by atoms with Gasteiger partial charge >= 0.3 is 0 Å². The highest BCUT2D eigenvalue weighted by molar-refractivity contribution is 5.49. The summed E-state index contributed by atoms with van der Waals surface area (Å²) in [6.45, 7) is 5.88. The van der Waals surface area contributed by atoms with Crippen molar-refractivity contribution in [1.29, 1.82) is 0 Å². The number of hydrogen-bond donors (Lipinski definition) is 1. The van der Waals surface area contributed by atoms with E-state index in [9.17, 15) is 0 Å². The van der Waals surface area contributed by atoms with E-state index in [0.717, 1.165) is 31.0 Å². The molecule has 1 aromatic heterocycles. The van der Waals surface area contributed by atoms with Crippen LogP contribution in [0.1, 0.15) is 35.3 Å². The van der Waals surface area contributed by atoms with E-state index < -0.39 is 0 Å². The van der Waals surface area contributed by atoms with Gasteiger partial charge in [-0.3, -0.25) is 4.68 Å². The van der Waals surface area contributed by atoms with Gasteiger partial charge in [-0.2, -0.15) is 5.10 Å². The van der Waals surface area contributed by atoms with E-state index in [1.165, 1.54) is 16.7 Å². The Labute approximate surface area is 119 Å². The number of aromatic nitrogens is 2. The van der Waals surface area contributed by atoms with Gasteiger partial charge in [0.25, 0.3) is 0 Å². The van der Waals surface area contributed by atoms with Gasteiger partial charge in [0.2, 0.25) is 0 Å². The summed E-state index contributed by atoms with van der Waals surface area (Å²) in [5.74, 6) is 1.06. The maximum Gasteiger partial charge on any atom is 0.127 e. The fraction of sp³-hybridized carbons (Fsp3) is 0.438. The minimum Gasteiger partial charge on any atom is -0.493 e. The molecule has 3 rings (SSSR count). The molecule has 0 saturated heterocycles. The highest BCUT2D eigenvalue weighted by Crippen LogP contribution is 2.36. The predicted octanol–water partition coefficient (Wildman–Crippen LogP) is 2.36. The number of aryl methyl sites for hydroxylation is 2. The first kappa shape index (κ1) is 13.2. The fourth-order valence-electron chi connectivity index (χ4n) is 2.96. The third-order valence-corrected chi connectivity index (χ3v) is 3.83. The Morgan fingerprint density at radius 1 is 1.40 bits per heavy atom. The minimum absolute atomic E-state index is 0.141. The van der Waals surface area contributed by atoms with Gasteiger partial charge in [0, 0.05) is 30.8 Å². The Balaban J connectivity index is 2.08. The lowest BCUT2D eigenvalue weighted by Gasteiger charge is -2.20. The Kier molecular flexibility index (Phi) is 3.49. The third-order valence-electron chi connectivity index (χ3n) is 3.83. The van der Waals surface area contributed by atoms with Crippen LogP contribution in [0, 0.1) is 6.92 Å². The molecule has 1 aliphatic rings. The highest BCUT2D eigenvalue weighted by atomic mass is 16.5. The summed E-state index contributed by atoms with van der Waals surface area (Å²) >= 11 is 0. The molecule has 0 aliphatic carbocycles. The number of benzene rings is 1. The summed E-state index contributed by atoms with van der Waals surface area (Å²) in [6.07, 6.45) is 3.10. The van der Waals surface area contributed by atoms with E-state index in [1.54, 1.807) is 0 Å². The van der Waals surface area contributed by atoms with E-state index in [2.05, 4.69) is 48.7 Å². The van der Waals surface area contributed by atoms with Crippen molar-refractivity contribution < 1.29 is 4.74 Å². The second-order valence-corrected chi connectivity index (χ2v) is 5.27. The van der Waals surface area contributed by atoms with Crippen LogP contribution < -0.4 is 10.1 Å². The Hall–Kier alpha value is -1.81. The first-order valence-corrected chi connectivity index (χ1v) is 7.18. The zero-order valence-electron chi connectivity index (χ0n) is 12.3. The molecule has 4 heteroatoms. The van der Waals surface area contributed by atoms with Gasteiger partial charge in [-0.1, -0.05) is 25.1 Å². The van der Waals surface area contributed by atoms with Crippen molar-refractivity contribution in [2.75, 3.05) is 13.2 Å². The SMILES string of the molecule is CCNC(c1cn(C)nc1C)c1cccc2c1OCC2. The van der Waals surface area contributed by atoms with Gasteiger partial charge in [-0.25, -0.2) is 0 Å². The summed E-state index contributed by atoms with van der Waals surface area (Å²) in [5.41, 5.74) is 4.82. The molecular weight excluding hydrogens is 250 g/mol. The van der Waals surface area contributed by atoms with Gasteiger partial charge in [0.05, 0.1) is 18.3 Å². The third kappa shape index (κ3) is 2.20. The van der Waals surface area contributed by atoms with E-state index in [1.807, 2.05) is 11.7 Å². The molecule has 0 saturated carbocycles. The first-order valence-electron chi connectivity index (χ1n) is 7.18. The smallest absolute Gasteiger partial charge is 0.127 e. The summed E-state index contributed by atoms with van der Waals surface area (Å²) in [4.78, 5) is 0. The zero-order valence-corrected chi connectivity index (χ0v) is 12.3. The Morgan fingerprint density at radius 3 is 2.95 bits per heavy atom. The lowest BCUT2D eigenvalue weighted by atomic mass is 9.96. The number of nitrogens with one attached hydrogen (secondary N) is 1. The van der Waals surface area contributed by atoms with Gasteiger partial charge in [-0.05, 0) is 19.0 Å². The van der Waals surface area contributed by atoms with Crippen LogP contribution in [-0.2, 0) is 13.5 Å². The van der Waals surface area contributed by atoms with Crippen molar-refractivity contribution in [1.82, 2.24) is 15.1 Å². The number of rotatable bonds is 4. The quantitative estimate of drug-likeness (QED) is 0.928. The van der Waals surface area contributed by atoms with E-state index in [-0.39, 0.29) is 6.04 Å². The second-order valence-electron chi connectivity index (χ2n) is 5.27. The number of nitrogens with zero attached hydrogens (tertiary/aromatic N) is 2. The average Bonchev–Trinajstić information content (AvgIpc) is 3.02. The maximum absolute atomic E-state index is 5.86. The molecule has 0 radical (unpaired) electrons. The molecule has 2 heterocycles. The van der Waals surface area contributed by atoms with Crippen molar-refractivity contribution in [3.05, 3.63) is 46.8 Å². The highest BCUT2D eigenvalue weighted by Gasteiger charge is 2.25. The minimum atomic E-state index is 0.141. The van der Waals surface area contributed by atoms with Crippen LogP contribution in [0.15, 0.2) is 24.4 Å².